The van der Waals surface area contributed by atoms with Crippen molar-refractivity contribution in [1.82, 2.24) is 25.5 Å². The zero-order chi connectivity index (χ0) is 32.2. The van der Waals surface area contributed by atoms with Crippen LogP contribution in [-0.4, -0.2) is 92.9 Å². The van der Waals surface area contributed by atoms with Crippen LogP contribution in [0.4, 0.5) is 5.82 Å². The molecule has 0 spiro atoms. The van der Waals surface area contributed by atoms with Gasteiger partial charge < -0.3 is 25.8 Å². The summed E-state index contributed by atoms with van der Waals surface area (Å²) in [6.07, 6.45) is 9.29. The van der Waals surface area contributed by atoms with Gasteiger partial charge in [-0.2, -0.15) is 0 Å². The first-order valence-electron chi connectivity index (χ1n) is 15.7. The predicted molar refractivity (Wildman–Crippen MR) is 183 cm³/mol. The molecule has 2 aromatic rings. The molecule has 0 amide bonds. The fraction of sp³-hybridized carbons (Fsp3) is 0.618. The largest absolute Gasteiger partial charge is 0.440 e. The van der Waals surface area contributed by atoms with E-state index in [4.69, 9.17) is 9.84 Å². The molecular weight excluding hydrogens is 538 g/mol. The molecule has 242 valence electrons. The van der Waals surface area contributed by atoms with Gasteiger partial charge in [0.2, 0.25) is 5.90 Å². The van der Waals surface area contributed by atoms with E-state index in [0.29, 0.717) is 29.7 Å². The number of aromatic nitrogens is 2. The van der Waals surface area contributed by atoms with Gasteiger partial charge in [0, 0.05) is 33.3 Å². The minimum Gasteiger partial charge on any atom is -0.440 e. The summed E-state index contributed by atoms with van der Waals surface area (Å²) in [5.41, 5.74) is 5.17. The Morgan fingerprint density at radius 1 is 1.05 bits per heavy atom. The SMILES string of the molecule is C=C(OC(CNC)=NC)c1nc(C)c(C)nc1NC.CCC1CCCCN1C(CCNC)CCc1ccc(C)cc1.CO. The lowest BCUT2D eigenvalue weighted by molar-refractivity contribution is 0.0819. The lowest BCUT2D eigenvalue weighted by Crippen LogP contribution is -2.47. The number of hydrogen-bond acceptors (Lipinski definition) is 9. The molecule has 0 bridgehead atoms. The van der Waals surface area contributed by atoms with E-state index in [9.17, 15) is 0 Å². The van der Waals surface area contributed by atoms with Crippen molar-refractivity contribution in [2.75, 3.05) is 60.3 Å². The molecule has 2 atom stereocenters. The molecule has 1 aromatic carbocycles. The highest BCUT2D eigenvalue weighted by atomic mass is 16.5. The number of anilines is 1. The van der Waals surface area contributed by atoms with Crippen molar-refractivity contribution in [2.24, 2.45) is 4.99 Å². The molecule has 9 heteroatoms. The third-order valence-electron chi connectivity index (χ3n) is 7.85. The molecule has 3 rings (SSSR count). The van der Waals surface area contributed by atoms with Crippen LogP contribution in [0, 0.1) is 20.8 Å². The average Bonchev–Trinajstić information content (AvgIpc) is 3.04. The van der Waals surface area contributed by atoms with E-state index >= 15 is 0 Å². The van der Waals surface area contributed by atoms with E-state index < -0.39 is 0 Å². The highest BCUT2D eigenvalue weighted by Gasteiger charge is 2.27. The number of likely N-dealkylation sites (tertiary alicyclic amines) is 1. The second-order valence-electron chi connectivity index (χ2n) is 10.9. The molecule has 2 heterocycles. The number of aliphatic hydroxyl groups is 1. The van der Waals surface area contributed by atoms with Gasteiger partial charge in [-0.25, -0.2) is 9.97 Å². The van der Waals surface area contributed by atoms with Crippen LogP contribution in [-0.2, 0) is 11.2 Å². The van der Waals surface area contributed by atoms with Crippen molar-refractivity contribution >= 4 is 17.5 Å². The first kappa shape index (κ1) is 38.2. The standard InChI is InChI=1S/C20H34N2.C13H21N5O.CH4O/c1-4-19-7-5-6-16-22(19)20(14-15-21-3)13-12-18-10-8-17(2)9-11-18;1-8-9(2)18-13(16-6)12(17-8)10(3)19-11(15-5)7-14-4;1-2/h8-11,19-21H,4-7,12-16H2,1-3H3;14H,3,7H2,1-2,4-6H3,(H,16,18);2H,1H3. The molecule has 2 unspecified atom stereocenters. The van der Waals surface area contributed by atoms with Gasteiger partial charge in [0.15, 0.2) is 11.6 Å². The highest BCUT2D eigenvalue weighted by molar-refractivity contribution is 5.84. The van der Waals surface area contributed by atoms with Gasteiger partial charge >= 0.3 is 0 Å². The van der Waals surface area contributed by atoms with E-state index in [1.165, 1.54) is 62.6 Å². The predicted octanol–water partition coefficient (Wildman–Crippen LogP) is 5.15. The molecule has 1 aliphatic rings. The second kappa shape index (κ2) is 21.8. The minimum absolute atomic E-state index is 0.427. The van der Waals surface area contributed by atoms with Crippen LogP contribution in [0.3, 0.4) is 0 Å². The maximum atomic E-state index is 7.00. The summed E-state index contributed by atoms with van der Waals surface area (Å²) in [6, 6.07) is 10.6. The molecule has 1 aliphatic heterocycles. The van der Waals surface area contributed by atoms with Crippen LogP contribution in [0.5, 0.6) is 0 Å². The molecule has 0 radical (unpaired) electrons. The van der Waals surface area contributed by atoms with E-state index in [0.717, 1.165) is 37.1 Å². The third-order valence-corrected chi connectivity index (χ3v) is 7.85. The summed E-state index contributed by atoms with van der Waals surface area (Å²) < 4.78 is 5.61. The molecule has 1 saturated heterocycles. The van der Waals surface area contributed by atoms with Crippen LogP contribution in [0.1, 0.15) is 73.7 Å². The summed E-state index contributed by atoms with van der Waals surface area (Å²) >= 11 is 0. The average molecular weight is 598 g/mol. The number of rotatable bonds is 13. The number of aliphatic hydroxyl groups excluding tert-OH is 1. The van der Waals surface area contributed by atoms with Crippen LogP contribution >= 0.6 is 0 Å². The van der Waals surface area contributed by atoms with Gasteiger partial charge in [-0.05, 0) is 92.0 Å². The van der Waals surface area contributed by atoms with Crippen molar-refractivity contribution in [3.05, 3.63) is 59.1 Å². The molecule has 43 heavy (non-hydrogen) atoms. The Balaban J connectivity index is 0.000000411. The Morgan fingerprint density at radius 3 is 2.30 bits per heavy atom. The van der Waals surface area contributed by atoms with Crippen LogP contribution in [0.25, 0.3) is 5.76 Å². The second-order valence-corrected chi connectivity index (χ2v) is 10.9. The van der Waals surface area contributed by atoms with Crippen LogP contribution in [0.2, 0.25) is 0 Å². The van der Waals surface area contributed by atoms with Crippen molar-refractivity contribution in [3.8, 4) is 0 Å². The third kappa shape index (κ3) is 13.1. The maximum absolute atomic E-state index is 7.00. The Morgan fingerprint density at radius 2 is 1.72 bits per heavy atom. The Bertz CT molecular complexity index is 1090. The summed E-state index contributed by atoms with van der Waals surface area (Å²) in [5.74, 6) is 1.62. The van der Waals surface area contributed by atoms with Crippen molar-refractivity contribution in [2.45, 2.75) is 84.7 Å². The number of aliphatic imine (C=N–C) groups is 1. The van der Waals surface area contributed by atoms with E-state index in [-0.39, 0.29) is 0 Å². The Hall–Kier alpha value is -2.85. The molecule has 1 fully saturated rings. The number of aryl methyl sites for hydroxylation is 4. The van der Waals surface area contributed by atoms with Gasteiger partial charge in [0.05, 0.1) is 17.9 Å². The van der Waals surface area contributed by atoms with Crippen LogP contribution < -0.4 is 16.0 Å². The maximum Gasteiger partial charge on any atom is 0.203 e. The van der Waals surface area contributed by atoms with E-state index in [1.54, 1.807) is 14.1 Å². The fourth-order valence-corrected chi connectivity index (χ4v) is 5.29. The van der Waals surface area contributed by atoms with Gasteiger partial charge in [-0.1, -0.05) is 49.8 Å². The first-order chi connectivity index (χ1) is 20.8. The van der Waals surface area contributed by atoms with E-state index in [2.05, 4.69) is 87.6 Å². The van der Waals surface area contributed by atoms with Gasteiger partial charge in [0.25, 0.3) is 0 Å². The van der Waals surface area contributed by atoms with Gasteiger partial charge in [-0.15, -0.1) is 0 Å². The van der Waals surface area contributed by atoms with Gasteiger partial charge in [0.1, 0.15) is 5.69 Å². The summed E-state index contributed by atoms with van der Waals surface area (Å²) in [7, 11) is 8.36. The number of likely N-dealkylation sites (N-methyl/N-ethyl adjacent to an activating group) is 1. The fourth-order valence-electron chi connectivity index (χ4n) is 5.29. The number of piperidine rings is 1. The van der Waals surface area contributed by atoms with E-state index in [1.807, 2.05) is 20.9 Å². The smallest absolute Gasteiger partial charge is 0.203 e. The minimum atomic E-state index is 0.427. The monoisotopic (exact) mass is 597 g/mol. The Labute approximate surface area is 261 Å². The van der Waals surface area contributed by atoms with Crippen molar-refractivity contribution in [3.63, 3.8) is 0 Å². The number of nitrogens with one attached hydrogen (secondary N) is 3. The molecule has 9 nitrogen and oxygen atoms in total. The molecule has 1 aromatic heterocycles. The Kier molecular flexibility index (Phi) is 19.3. The molecule has 0 saturated carbocycles. The quantitative estimate of drug-likeness (QED) is 0.143. The first-order valence-corrected chi connectivity index (χ1v) is 15.7. The molecule has 0 aliphatic carbocycles. The summed E-state index contributed by atoms with van der Waals surface area (Å²) in [4.78, 5) is 15.8. The zero-order valence-electron chi connectivity index (χ0n) is 28.4. The number of benzene rings is 1. The topological polar surface area (TPSA) is 107 Å². The molecular formula is C34H59N7O2. The van der Waals surface area contributed by atoms with Crippen molar-refractivity contribution < 1.29 is 9.84 Å². The number of ether oxygens (including phenoxy) is 1. The lowest BCUT2D eigenvalue weighted by Gasteiger charge is -2.41. The summed E-state index contributed by atoms with van der Waals surface area (Å²) in [5, 5.41) is 16.3. The normalized spacial score (nSPS) is 15.9. The summed E-state index contributed by atoms with van der Waals surface area (Å²) in [6.45, 7) is 15.2. The van der Waals surface area contributed by atoms with Crippen molar-refractivity contribution in [1.29, 1.82) is 0 Å². The zero-order valence-corrected chi connectivity index (χ0v) is 28.4. The van der Waals surface area contributed by atoms with Crippen LogP contribution in [0.15, 0.2) is 35.8 Å². The highest BCUT2D eigenvalue weighted by Crippen LogP contribution is 2.26. The lowest BCUT2D eigenvalue weighted by atomic mass is 9.93. The number of nitrogens with zero attached hydrogens (tertiary/aromatic N) is 4. The number of hydrogen-bond donors (Lipinski definition) is 4. The van der Waals surface area contributed by atoms with Gasteiger partial charge in [-0.3, -0.25) is 9.89 Å². The molecule has 4 N–H and O–H groups in total.